The van der Waals surface area contributed by atoms with Gasteiger partial charge in [0.15, 0.2) is 5.78 Å². The third-order valence-electron chi connectivity index (χ3n) is 2.71. The number of aromatic nitrogens is 2. The molecule has 0 radical (unpaired) electrons. The largest absolute Gasteiger partial charge is 0.478 e. The van der Waals surface area contributed by atoms with Crippen molar-refractivity contribution in [1.29, 1.82) is 0 Å². The van der Waals surface area contributed by atoms with E-state index in [4.69, 9.17) is 10.2 Å². The number of hydrogen-bond acceptors (Lipinski definition) is 4. The lowest BCUT2D eigenvalue weighted by molar-refractivity contribution is -0.134. The lowest BCUT2D eigenvalue weighted by Gasteiger charge is -1.91. The second-order valence-electron chi connectivity index (χ2n) is 4.28. The number of rotatable bonds is 4. The number of fused-ring (bicyclic) bond motifs is 1. The number of aliphatic carboxylic acids is 2. The maximum absolute atomic E-state index is 11.6. The first kappa shape index (κ1) is 17.1. The molecule has 1 aromatic carbocycles. The minimum absolute atomic E-state index is 0.0989. The van der Waals surface area contributed by atoms with Gasteiger partial charge in [0.2, 0.25) is 0 Å². The lowest BCUT2D eigenvalue weighted by atomic mass is 10.1. The minimum atomic E-state index is -1.26. The van der Waals surface area contributed by atoms with E-state index in [9.17, 15) is 14.4 Å². The fourth-order valence-corrected chi connectivity index (χ4v) is 1.73. The highest BCUT2D eigenvalue weighted by atomic mass is 16.4. The van der Waals surface area contributed by atoms with Gasteiger partial charge in [0.05, 0.1) is 5.52 Å². The first-order chi connectivity index (χ1) is 10.4. The molecule has 0 spiro atoms. The first-order valence-corrected chi connectivity index (χ1v) is 6.45. The molecule has 0 saturated heterocycles. The molecule has 22 heavy (non-hydrogen) atoms. The third kappa shape index (κ3) is 4.55. The summed E-state index contributed by atoms with van der Waals surface area (Å²) in [5.41, 5.74) is 1.59. The fraction of sp³-hybridized carbons (Fsp3) is 0.200. The van der Waals surface area contributed by atoms with Gasteiger partial charge in [-0.3, -0.25) is 9.48 Å². The van der Waals surface area contributed by atoms with E-state index in [-0.39, 0.29) is 5.78 Å². The number of para-hydroxylation sites is 1. The molecular formula is C15H16N2O5. The molecule has 7 heteroatoms. The number of carbonyl (C=O) groups excluding carboxylic acids is 1. The van der Waals surface area contributed by atoms with Gasteiger partial charge in [-0.1, -0.05) is 25.1 Å². The van der Waals surface area contributed by atoms with Crippen LogP contribution in [0.1, 0.15) is 23.8 Å². The zero-order chi connectivity index (χ0) is 16.7. The predicted octanol–water partition coefficient (Wildman–Crippen LogP) is 1.88. The van der Waals surface area contributed by atoms with Crippen molar-refractivity contribution in [2.45, 2.75) is 13.3 Å². The maximum atomic E-state index is 11.6. The van der Waals surface area contributed by atoms with Gasteiger partial charge in [0.1, 0.15) is 5.69 Å². The van der Waals surface area contributed by atoms with E-state index in [1.165, 1.54) is 0 Å². The van der Waals surface area contributed by atoms with Crippen LogP contribution in [0.25, 0.3) is 10.9 Å². The molecular weight excluding hydrogens is 288 g/mol. The van der Waals surface area contributed by atoms with Crippen molar-refractivity contribution in [2.75, 3.05) is 0 Å². The van der Waals surface area contributed by atoms with Crippen LogP contribution >= 0.6 is 0 Å². The molecule has 2 N–H and O–H groups in total. The summed E-state index contributed by atoms with van der Waals surface area (Å²) in [5, 5.41) is 20.8. The molecule has 0 aliphatic rings. The summed E-state index contributed by atoms with van der Waals surface area (Å²) in [5.74, 6) is -2.42. The average molecular weight is 304 g/mol. The van der Waals surface area contributed by atoms with Gasteiger partial charge < -0.3 is 10.2 Å². The molecule has 0 atom stereocenters. The van der Waals surface area contributed by atoms with Gasteiger partial charge >= 0.3 is 11.9 Å². The highest BCUT2D eigenvalue weighted by Crippen LogP contribution is 2.18. The molecule has 0 bridgehead atoms. The Bertz CT molecular complexity index is 715. The van der Waals surface area contributed by atoms with Crippen molar-refractivity contribution in [3.05, 3.63) is 42.1 Å². The Balaban J connectivity index is 0.000000261. The van der Waals surface area contributed by atoms with E-state index in [0.29, 0.717) is 24.3 Å². The van der Waals surface area contributed by atoms with Crippen LogP contribution in [0.4, 0.5) is 0 Å². The summed E-state index contributed by atoms with van der Waals surface area (Å²) >= 11 is 0. The van der Waals surface area contributed by atoms with Crippen LogP contribution in [0.2, 0.25) is 0 Å². The van der Waals surface area contributed by atoms with E-state index in [1.54, 1.807) is 4.68 Å². The molecule has 2 rings (SSSR count). The molecule has 0 fully saturated rings. The standard InChI is InChI=1S/C11H12N2O.C4H4O4/c1-3-10(14)11-8-6-4-5-7-9(8)13(2)12-11;5-3(6)1-2-4(7)8/h4-7H,3H2,1-2H3;1-2H,(H,5,6)(H,7,8). The number of hydrogen-bond donors (Lipinski definition) is 2. The molecule has 1 aromatic heterocycles. The van der Waals surface area contributed by atoms with Crippen molar-refractivity contribution in [2.24, 2.45) is 7.05 Å². The van der Waals surface area contributed by atoms with Crippen molar-refractivity contribution in [1.82, 2.24) is 9.78 Å². The highest BCUT2D eigenvalue weighted by Gasteiger charge is 2.13. The molecule has 0 amide bonds. The molecule has 1 heterocycles. The predicted molar refractivity (Wildman–Crippen MR) is 79.7 cm³/mol. The van der Waals surface area contributed by atoms with Crippen molar-refractivity contribution >= 4 is 28.6 Å². The average Bonchev–Trinajstić information content (AvgIpc) is 2.83. The van der Waals surface area contributed by atoms with E-state index < -0.39 is 11.9 Å². The van der Waals surface area contributed by atoms with Crippen LogP contribution in [-0.4, -0.2) is 37.7 Å². The Morgan fingerprint density at radius 1 is 1.14 bits per heavy atom. The second-order valence-corrected chi connectivity index (χ2v) is 4.28. The summed E-state index contributed by atoms with van der Waals surface area (Å²) < 4.78 is 1.75. The van der Waals surface area contributed by atoms with Crippen LogP contribution < -0.4 is 0 Å². The van der Waals surface area contributed by atoms with Crippen LogP contribution in [0.5, 0.6) is 0 Å². The number of carboxylic acid groups (broad SMARTS) is 2. The van der Waals surface area contributed by atoms with Gasteiger partial charge in [-0.05, 0) is 6.07 Å². The van der Waals surface area contributed by atoms with E-state index in [1.807, 2.05) is 38.2 Å². The zero-order valence-electron chi connectivity index (χ0n) is 12.2. The van der Waals surface area contributed by atoms with Crippen LogP contribution in [0, 0.1) is 0 Å². The third-order valence-corrected chi connectivity index (χ3v) is 2.71. The number of carbonyl (C=O) groups is 3. The lowest BCUT2D eigenvalue weighted by Crippen LogP contribution is -1.99. The van der Waals surface area contributed by atoms with Gasteiger partial charge in [0.25, 0.3) is 0 Å². The van der Waals surface area contributed by atoms with E-state index in [2.05, 4.69) is 5.10 Å². The number of ketones is 1. The Morgan fingerprint density at radius 3 is 2.18 bits per heavy atom. The summed E-state index contributed by atoms with van der Waals surface area (Å²) in [4.78, 5) is 30.7. The molecule has 0 aliphatic carbocycles. The van der Waals surface area contributed by atoms with Crippen LogP contribution in [0.3, 0.4) is 0 Å². The topological polar surface area (TPSA) is 109 Å². The zero-order valence-corrected chi connectivity index (χ0v) is 12.2. The summed E-state index contributed by atoms with van der Waals surface area (Å²) in [6.07, 6.45) is 1.62. The van der Waals surface area contributed by atoms with Crippen molar-refractivity contribution in [3.63, 3.8) is 0 Å². The van der Waals surface area contributed by atoms with Crippen molar-refractivity contribution in [3.8, 4) is 0 Å². The van der Waals surface area contributed by atoms with Crippen LogP contribution in [0.15, 0.2) is 36.4 Å². The van der Waals surface area contributed by atoms with Gasteiger partial charge in [-0.25, -0.2) is 9.59 Å². The maximum Gasteiger partial charge on any atom is 0.328 e. The smallest absolute Gasteiger partial charge is 0.328 e. The van der Waals surface area contributed by atoms with Crippen LogP contribution in [-0.2, 0) is 16.6 Å². The number of carboxylic acids is 2. The quantitative estimate of drug-likeness (QED) is 0.659. The minimum Gasteiger partial charge on any atom is -0.478 e. The Kier molecular flexibility index (Phi) is 6.00. The SMILES string of the molecule is CCC(=O)c1nn(C)c2ccccc12.O=C(O)C=CC(=O)O. The van der Waals surface area contributed by atoms with Gasteiger partial charge in [-0.2, -0.15) is 5.10 Å². The summed E-state index contributed by atoms with van der Waals surface area (Å²) in [6, 6.07) is 7.78. The molecule has 2 aromatic rings. The number of Topliss-reactive ketones (excluding diaryl/α,β-unsaturated/α-hetero) is 1. The number of nitrogens with zero attached hydrogens (tertiary/aromatic N) is 2. The molecule has 0 saturated carbocycles. The Hall–Kier alpha value is -2.96. The Labute approximate surface area is 126 Å². The monoisotopic (exact) mass is 304 g/mol. The molecule has 116 valence electrons. The highest BCUT2D eigenvalue weighted by molar-refractivity contribution is 6.05. The van der Waals surface area contributed by atoms with E-state index >= 15 is 0 Å². The van der Waals surface area contributed by atoms with E-state index in [0.717, 1.165) is 10.9 Å². The molecule has 0 aliphatic heterocycles. The number of benzene rings is 1. The van der Waals surface area contributed by atoms with Gasteiger partial charge in [0, 0.05) is 31.0 Å². The normalized spacial score (nSPS) is 10.3. The summed E-state index contributed by atoms with van der Waals surface area (Å²) in [7, 11) is 1.86. The molecule has 7 nitrogen and oxygen atoms in total. The summed E-state index contributed by atoms with van der Waals surface area (Å²) in [6.45, 7) is 1.85. The molecule has 0 unspecified atom stereocenters. The second kappa shape index (κ2) is 7.72. The Morgan fingerprint density at radius 2 is 1.68 bits per heavy atom. The number of aryl methyl sites for hydroxylation is 1. The first-order valence-electron chi connectivity index (χ1n) is 6.45. The van der Waals surface area contributed by atoms with Crippen molar-refractivity contribution < 1.29 is 24.6 Å². The fourth-order valence-electron chi connectivity index (χ4n) is 1.73. The van der Waals surface area contributed by atoms with Gasteiger partial charge in [-0.15, -0.1) is 0 Å².